The van der Waals surface area contributed by atoms with Crippen LogP contribution < -0.4 is 4.74 Å². The summed E-state index contributed by atoms with van der Waals surface area (Å²) < 4.78 is 18.9. The summed E-state index contributed by atoms with van der Waals surface area (Å²) in [5, 5.41) is 19.2. The molecule has 1 heterocycles. The van der Waals surface area contributed by atoms with Crippen LogP contribution in [-0.4, -0.2) is 29.8 Å². The summed E-state index contributed by atoms with van der Waals surface area (Å²) in [7, 11) is 1.59. The molecule has 1 fully saturated rings. The van der Waals surface area contributed by atoms with Gasteiger partial charge in [0, 0.05) is 24.7 Å². The number of methoxy groups -OCH3 is 1. The van der Waals surface area contributed by atoms with E-state index < -0.39 is 6.10 Å². The van der Waals surface area contributed by atoms with Crippen molar-refractivity contribution < 1.29 is 14.2 Å². The molecule has 124 valence electrons. The number of β-amino-alcohol motifs (C(OH)–C–C–N with tert-alkyl or cyclic N) is 1. The van der Waals surface area contributed by atoms with Gasteiger partial charge in [0.2, 0.25) is 0 Å². The molecule has 2 aromatic carbocycles. The van der Waals surface area contributed by atoms with E-state index in [2.05, 4.69) is 11.0 Å². The highest BCUT2D eigenvalue weighted by molar-refractivity contribution is 5.42. The van der Waals surface area contributed by atoms with E-state index in [9.17, 15) is 9.50 Å². The molecular weight excluding hydrogens is 307 g/mol. The fraction of sp³-hybridized carbons (Fsp3) is 0.316. The number of nitriles is 1. The average molecular weight is 326 g/mol. The Kier molecular flexibility index (Phi) is 4.79. The molecule has 1 aliphatic heterocycles. The number of hydrogen-bond donors (Lipinski definition) is 1. The zero-order chi connectivity index (χ0) is 17.1. The molecule has 4 nitrogen and oxygen atoms in total. The maximum absolute atomic E-state index is 13.6. The van der Waals surface area contributed by atoms with Crippen molar-refractivity contribution in [2.75, 3.05) is 13.7 Å². The second kappa shape index (κ2) is 7.00. The van der Waals surface area contributed by atoms with Gasteiger partial charge in [-0.15, -0.1) is 0 Å². The predicted octanol–water partition coefficient (Wildman–Crippen LogP) is 3.01. The number of aliphatic hydroxyl groups is 1. The summed E-state index contributed by atoms with van der Waals surface area (Å²) in [5.74, 6) is 0.422. The Morgan fingerprint density at radius 1 is 1.33 bits per heavy atom. The largest absolute Gasteiger partial charge is 0.496 e. The summed E-state index contributed by atoms with van der Waals surface area (Å²) >= 11 is 0. The lowest BCUT2D eigenvalue weighted by Gasteiger charge is -2.25. The molecule has 2 atom stereocenters. The smallest absolute Gasteiger partial charge is 0.123 e. The van der Waals surface area contributed by atoms with E-state index in [0.717, 1.165) is 11.1 Å². The quantitative estimate of drug-likeness (QED) is 0.938. The Morgan fingerprint density at radius 3 is 2.88 bits per heavy atom. The van der Waals surface area contributed by atoms with Gasteiger partial charge in [0.15, 0.2) is 0 Å². The number of halogens is 1. The Balaban J connectivity index is 1.89. The molecule has 0 spiro atoms. The van der Waals surface area contributed by atoms with E-state index in [-0.39, 0.29) is 11.9 Å². The van der Waals surface area contributed by atoms with Crippen LogP contribution in [0.25, 0.3) is 0 Å². The van der Waals surface area contributed by atoms with Crippen molar-refractivity contribution in [3.63, 3.8) is 0 Å². The molecule has 2 unspecified atom stereocenters. The van der Waals surface area contributed by atoms with Crippen LogP contribution in [0, 0.1) is 17.1 Å². The van der Waals surface area contributed by atoms with E-state index in [1.165, 1.54) is 12.1 Å². The first kappa shape index (κ1) is 16.4. The van der Waals surface area contributed by atoms with Crippen LogP contribution in [0.15, 0.2) is 42.5 Å². The van der Waals surface area contributed by atoms with Crippen molar-refractivity contribution in [2.24, 2.45) is 0 Å². The Bertz CT molecular complexity index is 772. The summed E-state index contributed by atoms with van der Waals surface area (Å²) in [5.41, 5.74) is 2.29. The van der Waals surface area contributed by atoms with Gasteiger partial charge in [0.05, 0.1) is 24.8 Å². The standard InChI is InChI=1S/C19H19FN2O2/c1-24-19-6-5-13(10-21)7-15(19)11-22-12-17(23)9-18(22)14-3-2-4-16(20)8-14/h2-8,17-18,23H,9,11-12H2,1H3. The van der Waals surface area contributed by atoms with Crippen LogP contribution in [0.5, 0.6) is 5.75 Å². The van der Waals surface area contributed by atoms with Gasteiger partial charge in [-0.1, -0.05) is 12.1 Å². The zero-order valence-corrected chi connectivity index (χ0v) is 13.4. The normalized spacial score (nSPS) is 20.8. The molecule has 0 bridgehead atoms. The average Bonchev–Trinajstić information content (AvgIpc) is 2.95. The first-order chi connectivity index (χ1) is 11.6. The number of hydrogen-bond acceptors (Lipinski definition) is 4. The van der Waals surface area contributed by atoms with E-state index >= 15 is 0 Å². The van der Waals surface area contributed by atoms with Gasteiger partial charge >= 0.3 is 0 Å². The van der Waals surface area contributed by atoms with Gasteiger partial charge in [-0.3, -0.25) is 4.90 Å². The molecule has 0 amide bonds. The fourth-order valence-corrected chi connectivity index (χ4v) is 3.31. The van der Waals surface area contributed by atoms with E-state index in [0.29, 0.717) is 30.8 Å². The maximum atomic E-state index is 13.6. The van der Waals surface area contributed by atoms with E-state index in [1.54, 1.807) is 31.4 Å². The Labute approximate surface area is 140 Å². The van der Waals surface area contributed by atoms with Crippen molar-refractivity contribution in [2.45, 2.75) is 25.1 Å². The minimum atomic E-state index is -0.455. The number of aliphatic hydroxyl groups excluding tert-OH is 1. The third kappa shape index (κ3) is 3.40. The second-order valence-corrected chi connectivity index (χ2v) is 6.03. The molecule has 2 aromatic rings. The second-order valence-electron chi connectivity index (χ2n) is 6.03. The summed E-state index contributed by atoms with van der Waals surface area (Å²) in [6.45, 7) is 1.03. The van der Waals surface area contributed by atoms with Crippen LogP contribution in [0.1, 0.15) is 29.2 Å². The van der Waals surface area contributed by atoms with Crippen LogP contribution in [-0.2, 0) is 6.54 Å². The number of ether oxygens (including phenoxy) is 1. The molecule has 5 heteroatoms. The van der Waals surface area contributed by atoms with Gasteiger partial charge in [0.1, 0.15) is 11.6 Å². The topological polar surface area (TPSA) is 56.5 Å². The molecule has 0 aliphatic carbocycles. The highest BCUT2D eigenvalue weighted by Crippen LogP contribution is 2.35. The zero-order valence-electron chi connectivity index (χ0n) is 13.4. The first-order valence-corrected chi connectivity index (χ1v) is 7.85. The van der Waals surface area contributed by atoms with E-state index in [1.807, 2.05) is 6.07 Å². The molecule has 1 saturated heterocycles. The van der Waals surface area contributed by atoms with Gasteiger partial charge in [-0.2, -0.15) is 5.26 Å². The summed E-state index contributed by atoms with van der Waals surface area (Å²) in [6.07, 6.45) is 0.104. The van der Waals surface area contributed by atoms with Gasteiger partial charge in [-0.25, -0.2) is 4.39 Å². The maximum Gasteiger partial charge on any atom is 0.123 e. The minimum absolute atomic E-state index is 0.0638. The highest BCUT2D eigenvalue weighted by atomic mass is 19.1. The monoisotopic (exact) mass is 326 g/mol. The minimum Gasteiger partial charge on any atom is -0.496 e. The van der Waals surface area contributed by atoms with Crippen LogP contribution in [0.3, 0.4) is 0 Å². The molecule has 0 saturated carbocycles. The van der Waals surface area contributed by atoms with Crippen molar-refractivity contribution in [3.8, 4) is 11.8 Å². The number of rotatable bonds is 4. The highest BCUT2D eigenvalue weighted by Gasteiger charge is 2.32. The third-order valence-corrected chi connectivity index (χ3v) is 4.40. The molecule has 24 heavy (non-hydrogen) atoms. The number of likely N-dealkylation sites (tertiary alicyclic amines) is 1. The van der Waals surface area contributed by atoms with Crippen molar-refractivity contribution in [1.29, 1.82) is 5.26 Å². The number of benzene rings is 2. The van der Waals surface area contributed by atoms with Gasteiger partial charge in [-0.05, 0) is 42.3 Å². The molecule has 3 rings (SSSR count). The Hall–Kier alpha value is -2.42. The third-order valence-electron chi connectivity index (χ3n) is 4.40. The lowest BCUT2D eigenvalue weighted by atomic mass is 10.0. The SMILES string of the molecule is COc1ccc(C#N)cc1CN1CC(O)CC1c1cccc(F)c1. The first-order valence-electron chi connectivity index (χ1n) is 7.85. The number of nitrogens with zero attached hydrogens (tertiary/aromatic N) is 2. The van der Waals surface area contributed by atoms with Crippen LogP contribution in [0.4, 0.5) is 4.39 Å². The van der Waals surface area contributed by atoms with Gasteiger partial charge < -0.3 is 9.84 Å². The summed E-state index contributed by atoms with van der Waals surface area (Å²) in [6, 6.07) is 13.8. The van der Waals surface area contributed by atoms with Gasteiger partial charge in [0.25, 0.3) is 0 Å². The van der Waals surface area contributed by atoms with E-state index in [4.69, 9.17) is 10.00 Å². The van der Waals surface area contributed by atoms with Crippen molar-refractivity contribution in [1.82, 2.24) is 4.90 Å². The predicted molar refractivity (Wildman–Crippen MR) is 87.9 cm³/mol. The Morgan fingerprint density at radius 2 is 2.17 bits per heavy atom. The molecule has 0 radical (unpaired) electrons. The fourth-order valence-electron chi connectivity index (χ4n) is 3.31. The molecule has 1 N–H and O–H groups in total. The lowest BCUT2D eigenvalue weighted by molar-refractivity contribution is 0.172. The molecule has 0 aromatic heterocycles. The molecule has 1 aliphatic rings. The van der Waals surface area contributed by atoms with Crippen molar-refractivity contribution >= 4 is 0 Å². The van der Waals surface area contributed by atoms with Crippen LogP contribution in [0.2, 0.25) is 0 Å². The van der Waals surface area contributed by atoms with Crippen LogP contribution >= 0.6 is 0 Å². The molecular formula is C19H19FN2O2. The summed E-state index contributed by atoms with van der Waals surface area (Å²) in [4.78, 5) is 2.10. The lowest BCUT2D eigenvalue weighted by Crippen LogP contribution is -2.24. The van der Waals surface area contributed by atoms with Crippen molar-refractivity contribution in [3.05, 3.63) is 65.0 Å².